The van der Waals surface area contributed by atoms with Gasteiger partial charge in [0, 0.05) is 25.3 Å². The molecule has 0 aromatic rings. The first-order valence-electron chi connectivity index (χ1n) is 8.53. The van der Waals surface area contributed by atoms with E-state index in [9.17, 15) is 14.4 Å². The van der Waals surface area contributed by atoms with E-state index in [0.717, 1.165) is 25.7 Å². The van der Waals surface area contributed by atoms with E-state index < -0.39 is 12.0 Å². The molecule has 0 aromatic carbocycles. The van der Waals surface area contributed by atoms with Crippen LogP contribution in [0.15, 0.2) is 0 Å². The maximum atomic E-state index is 12.2. The maximum Gasteiger partial charge on any atom is 0.303 e. The Kier molecular flexibility index (Phi) is 11.3. The zero-order valence-electron chi connectivity index (χ0n) is 14.6. The van der Waals surface area contributed by atoms with Crippen molar-refractivity contribution in [3.05, 3.63) is 0 Å². The van der Waals surface area contributed by atoms with Crippen LogP contribution in [0.25, 0.3) is 0 Å². The number of hydrogen-bond acceptors (Lipinski definition) is 4. The molecule has 6 nitrogen and oxygen atoms in total. The number of hydrogen-bond donors (Lipinski definition) is 3. The highest BCUT2D eigenvalue weighted by Gasteiger charge is 2.25. The van der Waals surface area contributed by atoms with Gasteiger partial charge in [-0.15, -0.1) is 0 Å². The molecule has 2 atom stereocenters. The van der Waals surface area contributed by atoms with Gasteiger partial charge in [-0.05, 0) is 25.7 Å². The average molecular weight is 328 g/mol. The first-order chi connectivity index (χ1) is 10.8. The summed E-state index contributed by atoms with van der Waals surface area (Å²) in [5.41, 5.74) is 5.56. The lowest BCUT2D eigenvalue weighted by Crippen LogP contribution is -2.38. The Morgan fingerprint density at radius 2 is 1.57 bits per heavy atom. The van der Waals surface area contributed by atoms with Crippen molar-refractivity contribution in [2.75, 3.05) is 6.54 Å². The van der Waals surface area contributed by atoms with Crippen molar-refractivity contribution in [2.24, 2.45) is 17.6 Å². The molecule has 0 aliphatic rings. The minimum absolute atomic E-state index is 0.0834. The van der Waals surface area contributed by atoms with Crippen LogP contribution in [-0.2, 0) is 14.4 Å². The summed E-state index contributed by atoms with van der Waals surface area (Å²) in [7, 11) is 0. The number of Topliss-reactive ketones (excluding diaryl/α,β-unsaturated/α-hetero) is 1. The summed E-state index contributed by atoms with van der Waals surface area (Å²) in [6.45, 7) is 6.09. The third-order valence-electron chi connectivity index (χ3n) is 3.94. The van der Waals surface area contributed by atoms with Crippen LogP contribution < -0.4 is 11.1 Å². The first-order valence-corrected chi connectivity index (χ1v) is 8.53. The van der Waals surface area contributed by atoms with Crippen LogP contribution in [0.5, 0.6) is 0 Å². The van der Waals surface area contributed by atoms with Crippen molar-refractivity contribution >= 4 is 17.7 Å². The zero-order chi connectivity index (χ0) is 17.8. The predicted octanol–water partition coefficient (Wildman–Crippen LogP) is 2.11. The lowest BCUT2D eigenvalue weighted by atomic mass is 9.88. The molecular formula is C17H32N2O4. The van der Waals surface area contributed by atoms with Gasteiger partial charge < -0.3 is 16.2 Å². The minimum atomic E-state index is -0.752. The summed E-state index contributed by atoms with van der Waals surface area (Å²) in [4.78, 5) is 34.3. The summed E-state index contributed by atoms with van der Waals surface area (Å²) in [5.74, 6) is -1.16. The standard InChI is InChI=1S/C17H32N2O4/c1-12(2)14(11-15(20)13(3)18)17(23)19-10-8-6-4-5-7-9-16(21)22/h12-14H,4-11,18H2,1-3H3,(H,19,23)(H,21,22)/t13-,14-/m1/s1. The summed E-state index contributed by atoms with van der Waals surface area (Å²) < 4.78 is 0. The lowest BCUT2D eigenvalue weighted by Gasteiger charge is -2.20. The number of nitrogens with one attached hydrogen (secondary N) is 1. The van der Waals surface area contributed by atoms with Gasteiger partial charge in [-0.1, -0.05) is 33.1 Å². The second-order valence-corrected chi connectivity index (χ2v) is 6.51. The molecule has 134 valence electrons. The first kappa shape index (κ1) is 21.6. The molecule has 0 aliphatic heterocycles. The molecule has 4 N–H and O–H groups in total. The normalized spacial score (nSPS) is 13.6. The molecule has 23 heavy (non-hydrogen) atoms. The number of carboxylic acids is 1. The van der Waals surface area contributed by atoms with Gasteiger partial charge in [-0.3, -0.25) is 14.4 Å². The second-order valence-electron chi connectivity index (χ2n) is 6.51. The Morgan fingerprint density at radius 3 is 2.09 bits per heavy atom. The van der Waals surface area contributed by atoms with E-state index in [1.165, 1.54) is 0 Å². The molecular weight excluding hydrogens is 296 g/mol. The van der Waals surface area contributed by atoms with Crippen molar-refractivity contribution in [3.8, 4) is 0 Å². The molecule has 1 amide bonds. The Bertz CT molecular complexity index is 381. The Labute approximate surface area is 139 Å². The van der Waals surface area contributed by atoms with E-state index in [2.05, 4.69) is 5.32 Å². The van der Waals surface area contributed by atoms with Gasteiger partial charge in [0.25, 0.3) is 0 Å². The van der Waals surface area contributed by atoms with Gasteiger partial charge in [0.1, 0.15) is 5.78 Å². The number of nitrogens with two attached hydrogens (primary N) is 1. The van der Waals surface area contributed by atoms with Gasteiger partial charge in [-0.25, -0.2) is 0 Å². The molecule has 0 radical (unpaired) electrons. The van der Waals surface area contributed by atoms with Crippen LogP contribution in [0.4, 0.5) is 0 Å². The highest BCUT2D eigenvalue weighted by molar-refractivity contribution is 5.89. The highest BCUT2D eigenvalue weighted by atomic mass is 16.4. The van der Waals surface area contributed by atoms with Crippen molar-refractivity contribution in [2.45, 2.75) is 71.8 Å². The number of carbonyl (C=O) groups is 3. The summed E-state index contributed by atoms with van der Waals surface area (Å²) in [6.07, 6.45) is 4.82. The number of carbonyl (C=O) groups excluding carboxylic acids is 2. The number of aliphatic carboxylic acids is 1. The maximum absolute atomic E-state index is 12.2. The fourth-order valence-corrected chi connectivity index (χ4v) is 2.31. The molecule has 0 saturated carbocycles. The van der Waals surface area contributed by atoms with Gasteiger partial charge in [0.15, 0.2) is 0 Å². The molecule has 0 heterocycles. The Morgan fingerprint density at radius 1 is 1.00 bits per heavy atom. The monoisotopic (exact) mass is 328 g/mol. The Hall–Kier alpha value is -1.43. The minimum Gasteiger partial charge on any atom is -0.481 e. The number of unbranched alkanes of at least 4 members (excludes halogenated alkanes) is 4. The molecule has 0 unspecified atom stereocenters. The van der Waals surface area contributed by atoms with E-state index in [1.807, 2.05) is 13.8 Å². The van der Waals surface area contributed by atoms with E-state index in [4.69, 9.17) is 10.8 Å². The summed E-state index contributed by atoms with van der Waals surface area (Å²) in [5, 5.41) is 11.4. The van der Waals surface area contributed by atoms with Crippen LogP contribution in [-0.4, -0.2) is 35.4 Å². The highest BCUT2D eigenvalue weighted by Crippen LogP contribution is 2.16. The summed E-state index contributed by atoms with van der Waals surface area (Å²) in [6, 6.07) is -0.533. The molecule has 0 saturated heterocycles. The van der Waals surface area contributed by atoms with Crippen molar-refractivity contribution in [1.82, 2.24) is 5.32 Å². The zero-order valence-corrected chi connectivity index (χ0v) is 14.6. The van der Waals surface area contributed by atoms with Crippen molar-refractivity contribution in [1.29, 1.82) is 0 Å². The third-order valence-corrected chi connectivity index (χ3v) is 3.94. The Balaban J connectivity index is 3.92. The number of ketones is 1. The number of amides is 1. The molecule has 0 aromatic heterocycles. The van der Waals surface area contributed by atoms with E-state index in [-0.39, 0.29) is 36.4 Å². The number of rotatable bonds is 13. The lowest BCUT2D eigenvalue weighted by molar-refractivity contribution is -0.137. The number of carboxylic acid groups (broad SMARTS) is 1. The molecule has 0 spiro atoms. The predicted molar refractivity (Wildman–Crippen MR) is 89.9 cm³/mol. The van der Waals surface area contributed by atoms with Gasteiger partial charge in [-0.2, -0.15) is 0 Å². The average Bonchev–Trinajstić information content (AvgIpc) is 2.46. The van der Waals surface area contributed by atoms with Gasteiger partial charge >= 0.3 is 5.97 Å². The van der Waals surface area contributed by atoms with E-state index in [0.29, 0.717) is 13.0 Å². The van der Waals surface area contributed by atoms with Crippen molar-refractivity contribution in [3.63, 3.8) is 0 Å². The summed E-state index contributed by atoms with van der Waals surface area (Å²) >= 11 is 0. The van der Waals surface area contributed by atoms with Crippen LogP contribution in [0.1, 0.15) is 65.7 Å². The smallest absolute Gasteiger partial charge is 0.303 e. The quantitative estimate of drug-likeness (QED) is 0.449. The van der Waals surface area contributed by atoms with Crippen LogP contribution >= 0.6 is 0 Å². The van der Waals surface area contributed by atoms with Crippen LogP contribution in [0.3, 0.4) is 0 Å². The third kappa shape index (κ3) is 10.8. The molecule has 6 heteroatoms. The van der Waals surface area contributed by atoms with E-state index in [1.54, 1.807) is 6.92 Å². The van der Waals surface area contributed by atoms with Crippen molar-refractivity contribution < 1.29 is 19.5 Å². The molecule has 0 rings (SSSR count). The molecule has 0 aliphatic carbocycles. The fraction of sp³-hybridized carbons (Fsp3) is 0.824. The van der Waals surface area contributed by atoms with Crippen LogP contribution in [0, 0.1) is 11.8 Å². The van der Waals surface area contributed by atoms with Crippen LogP contribution in [0.2, 0.25) is 0 Å². The second kappa shape index (κ2) is 12.0. The topological polar surface area (TPSA) is 109 Å². The van der Waals surface area contributed by atoms with Gasteiger partial charge in [0.05, 0.1) is 6.04 Å². The van der Waals surface area contributed by atoms with Gasteiger partial charge in [0.2, 0.25) is 5.91 Å². The van der Waals surface area contributed by atoms with E-state index >= 15 is 0 Å². The molecule has 0 bridgehead atoms. The fourth-order valence-electron chi connectivity index (χ4n) is 2.31. The SMILES string of the molecule is CC(C)[C@@H](CC(=O)[C@@H](C)N)C(=O)NCCCCCCCC(=O)O. The molecule has 0 fully saturated rings. The largest absolute Gasteiger partial charge is 0.481 e.